The van der Waals surface area contributed by atoms with Crippen LogP contribution < -0.4 is 4.90 Å². The molecule has 2 aliphatic heterocycles. The molecule has 2 saturated heterocycles. The molecule has 1 spiro atoms. The molecule has 0 saturated carbocycles. The van der Waals surface area contributed by atoms with E-state index in [4.69, 9.17) is 4.74 Å². The molecule has 0 N–H and O–H groups in total. The van der Waals surface area contributed by atoms with Crippen molar-refractivity contribution in [3.8, 4) is 0 Å². The van der Waals surface area contributed by atoms with Gasteiger partial charge in [0.15, 0.2) is 0 Å². The molecule has 0 aliphatic carbocycles. The van der Waals surface area contributed by atoms with Crippen molar-refractivity contribution in [2.24, 2.45) is 5.41 Å². The van der Waals surface area contributed by atoms with Crippen molar-refractivity contribution in [1.29, 1.82) is 0 Å². The Balaban J connectivity index is 1.92. The predicted octanol–water partition coefficient (Wildman–Crippen LogP) is 3.50. The van der Waals surface area contributed by atoms with Crippen molar-refractivity contribution in [1.82, 2.24) is 4.98 Å². The van der Waals surface area contributed by atoms with E-state index in [1.165, 1.54) is 12.3 Å². The summed E-state index contributed by atoms with van der Waals surface area (Å²) in [5, 5.41) is 0. The van der Waals surface area contributed by atoms with E-state index in [2.05, 4.69) is 4.98 Å². The van der Waals surface area contributed by atoms with Gasteiger partial charge in [-0.25, -0.2) is 4.98 Å². The molecule has 2 aliphatic rings. The zero-order chi connectivity index (χ0) is 15.1. The minimum Gasteiger partial charge on any atom is -0.381 e. The molecule has 0 aromatic carbocycles. The quantitative estimate of drug-likeness (QED) is 0.794. The van der Waals surface area contributed by atoms with E-state index < -0.39 is 11.7 Å². The van der Waals surface area contributed by atoms with Crippen LogP contribution in [0.3, 0.4) is 0 Å². The van der Waals surface area contributed by atoms with Gasteiger partial charge in [-0.1, -0.05) is 0 Å². The Hall–Kier alpha value is -1.30. The van der Waals surface area contributed by atoms with Crippen molar-refractivity contribution >= 4 is 5.82 Å². The van der Waals surface area contributed by atoms with Crippen molar-refractivity contribution in [2.45, 2.75) is 38.4 Å². The van der Waals surface area contributed by atoms with Gasteiger partial charge in [-0.05, 0) is 43.7 Å². The van der Waals surface area contributed by atoms with Gasteiger partial charge in [0.2, 0.25) is 0 Å². The summed E-state index contributed by atoms with van der Waals surface area (Å²) < 4.78 is 44.9. The third-order valence-corrected chi connectivity index (χ3v) is 5.06. The average molecular weight is 300 g/mol. The lowest BCUT2D eigenvalue weighted by molar-refractivity contribution is -0.137. The largest absolute Gasteiger partial charge is 0.419 e. The van der Waals surface area contributed by atoms with Crippen LogP contribution in [0, 0.1) is 5.41 Å². The van der Waals surface area contributed by atoms with Crippen LogP contribution in [0.1, 0.15) is 31.7 Å². The predicted molar refractivity (Wildman–Crippen MR) is 73.2 cm³/mol. The first kappa shape index (κ1) is 14.6. The van der Waals surface area contributed by atoms with Crippen molar-refractivity contribution in [3.63, 3.8) is 0 Å². The van der Waals surface area contributed by atoms with E-state index >= 15 is 0 Å². The average Bonchev–Trinajstić information content (AvgIpc) is 2.76. The first-order valence-electron chi connectivity index (χ1n) is 7.31. The maximum atomic E-state index is 13.2. The molecule has 0 unspecified atom stereocenters. The number of hydrogen-bond donors (Lipinski definition) is 0. The monoisotopic (exact) mass is 300 g/mol. The number of ether oxygens (including phenoxy) is 1. The fourth-order valence-corrected chi connectivity index (χ4v) is 3.66. The Kier molecular flexibility index (Phi) is 3.59. The van der Waals surface area contributed by atoms with Crippen LogP contribution in [-0.2, 0) is 10.9 Å². The van der Waals surface area contributed by atoms with Gasteiger partial charge in [-0.3, -0.25) is 0 Å². The second kappa shape index (κ2) is 5.16. The third kappa shape index (κ3) is 2.50. The molecule has 21 heavy (non-hydrogen) atoms. The normalized spacial score (nSPS) is 25.5. The fourth-order valence-electron chi connectivity index (χ4n) is 3.66. The van der Waals surface area contributed by atoms with E-state index in [0.29, 0.717) is 19.8 Å². The van der Waals surface area contributed by atoms with E-state index in [-0.39, 0.29) is 17.3 Å². The van der Waals surface area contributed by atoms with Crippen LogP contribution in [0.5, 0.6) is 0 Å². The molecule has 3 rings (SSSR count). The molecule has 3 nitrogen and oxygen atoms in total. The van der Waals surface area contributed by atoms with Gasteiger partial charge < -0.3 is 9.64 Å². The van der Waals surface area contributed by atoms with Gasteiger partial charge in [0.1, 0.15) is 5.82 Å². The van der Waals surface area contributed by atoms with Gasteiger partial charge in [-0.15, -0.1) is 0 Å². The fraction of sp³-hybridized carbons (Fsp3) is 0.667. The number of nitrogens with zero attached hydrogens (tertiary/aromatic N) is 2. The first-order valence-corrected chi connectivity index (χ1v) is 7.31. The molecule has 3 heterocycles. The van der Waals surface area contributed by atoms with Gasteiger partial charge >= 0.3 is 6.18 Å². The highest BCUT2D eigenvalue weighted by Crippen LogP contribution is 2.47. The second-order valence-electron chi connectivity index (χ2n) is 5.97. The number of halogens is 3. The summed E-state index contributed by atoms with van der Waals surface area (Å²) in [6.45, 7) is 4.05. The van der Waals surface area contributed by atoms with Crippen LogP contribution in [-0.4, -0.2) is 30.8 Å². The number of alkyl halides is 3. The Labute approximate surface area is 122 Å². The first-order chi connectivity index (χ1) is 9.94. The highest BCUT2D eigenvalue weighted by molar-refractivity contribution is 5.51. The summed E-state index contributed by atoms with van der Waals surface area (Å²) in [6.07, 6.45) is -0.190. The smallest absolute Gasteiger partial charge is 0.381 e. The number of pyridine rings is 1. The molecule has 1 atom stereocenters. The van der Waals surface area contributed by atoms with Crippen LogP contribution >= 0.6 is 0 Å². The second-order valence-corrected chi connectivity index (χ2v) is 5.97. The minimum atomic E-state index is -4.37. The standard InChI is InChI=1S/C15H19F3N2O/c1-11-14(5-9-21-10-6-14)4-8-20(11)13-12(15(16,17)18)3-2-7-19-13/h2-3,7,11H,4-6,8-10H2,1H3/t11-/m1/s1. The van der Waals surface area contributed by atoms with Gasteiger partial charge in [0.05, 0.1) is 5.56 Å². The van der Waals surface area contributed by atoms with Gasteiger partial charge in [0, 0.05) is 32.0 Å². The SMILES string of the molecule is C[C@H]1N(c2ncccc2C(F)(F)F)CCC12CCOCC2. The van der Waals surface area contributed by atoms with Crippen LogP contribution in [0.4, 0.5) is 19.0 Å². The number of hydrogen-bond acceptors (Lipinski definition) is 3. The van der Waals surface area contributed by atoms with E-state index in [0.717, 1.165) is 25.3 Å². The molecule has 0 amide bonds. The summed E-state index contributed by atoms with van der Waals surface area (Å²) in [4.78, 5) is 5.86. The van der Waals surface area contributed by atoms with Gasteiger partial charge in [-0.2, -0.15) is 13.2 Å². The molecule has 1 aromatic heterocycles. The molecule has 1 aromatic rings. The molecular weight excluding hydrogens is 281 g/mol. The molecule has 2 fully saturated rings. The zero-order valence-corrected chi connectivity index (χ0v) is 12.0. The summed E-state index contributed by atoms with van der Waals surface area (Å²) in [7, 11) is 0. The molecule has 0 bridgehead atoms. The number of anilines is 1. The van der Waals surface area contributed by atoms with E-state index in [9.17, 15) is 13.2 Å². The Bertz CT molecular complexity index is 512. The maximum Gasteiger partial charge on any atom is 0.419 e. The summed E-state index contributed by atoms with van der Waals surface area (Å²) in [5.74, 6) is 0.0702. The highest BCUT2D eigenvalue weighted by atomic mass is 19.4. The lowest BCUT2D eigenvalue weighted by atomic mass is 9.74. The number of aromatic nitrogens is 1. The third-order valence-electron chi connectivity index (χ3n) is 5.06. The topological polar surface area (TPSA) is 25.4 Å². The summed E-state index contributed by atoms with van der Waals surface area (Å²) >= 11 is 0. The van der Waals surface area contributed by atoms with Gasteiger partial charge in [0.25, 0.3) is 0 Å². The van der Waals surface area contributed by atoms with Crippen molar-refractivity contribution in [3.05, 3.63) is 23.9 Å². The summed E-state index contributed by atoms with van der Waals surface area (Å²) in [6, 6.07) is 2.51. The van der Waals surface area contributed by atoms with E-state index in [1.54, 1.807) is 0 Å². The summed E-state index contributed by atoms with van der Waals surface area (Å²) in [5.41, 5.74) is -0.570. The van der Waals surface area contributed by atoms with Crippen molar-refractivity contribution < 1.29 is 17.9 Å². The zero-order valence-electron chi connectivity index (χ0n) is 12.0. The Morgan fingerprint density at radius 1 is 1.29 bits per heavy atom. The molecule has 6 heteroatoms. The van der Waals surface area contributed by atoms with Crippen LogP contribution in [0.2, 0.25) is 0 Å². The highest BCUT2D eigenvalue weighted by Gasteiger charge is 2.47. The maximum absolute atomic E-state index is 13.2. The van der Waals surface area contributed by atoms with Crippen LogP contribution in [0.25, 0.3) is 0 Å². The molecule has 116 valence electrons. The van der Waals surface area contributed by atoms with E-state index in [1.807, 2.05) is 11.8 Å². The van der Waals surface area contributed by atoms with Crippen LogP contribution in [0.15, 0.2) is 18.3 Å². The number of rotatable bonds is 1. The van der Waals surface area contributed by atoms with Crippen molar-refractivity contribution in [2.75, 3.05) is 24.7 Å². The lowest BCUT2D eigenvalue weighted by Gasteiger charge is -2.39. The lowest BCUT2D eigenvalue weighted by Crippen LogP contribution is -2.41. The Morgan fingerprint density at radius 2 is 2.00 bits per heavy atom. The minimum absolute atomic E-state index is 0.0531. The molecular formula is C15H19F3N2O. The molecule has 0 radical (unpaired) electrons. The Morgan fingerprint density at radius 3 is 2.67 bits per heavy atom.